The fraction of sp³-hybridized carbons (Fsp3) is 0.750. The second-order valence-corrected chi connectivity index (χ2v) is 5.17. The average Bonchev–Trinajstić information content (AvgIpc) is 2.63. The molecular formula is C12H22N4O. The molecule has 0 bridgehead atoms. The van der Waals surface area contributed by atoms with Crippen LogP contribution in [0.1, 0.15) is 18.4 Å². The molecule has 0 saturated carbocycles. The molecule has 2 N–H and O–H groups in total. The van der Waals surface area contributed by atoms with Crippen molar-refractivity contribution in [3.05, 3.63) is 18.0 Å². The molecule has 0 atom stereocenters. The van der Waals surface area contributed by atoms with Crippen LogP contribution in [-0.2, 0) is 18.3 Å². The van der Waals surface area contributed by atoms with Gasteiger partial charge in [-0.05, 0) is 19.9 Å². The lowest BCUT2D eigenvalue weighted by atomic mass is 9.91. The van der Waals surface area contributed by atoms with Crippen LogP contribution in [-0.4, -0.2) is 47.0 Å². The van der Waals surface area contributed by atoms with Crippen molar-refractivity contribution >= 4 is 0 Å². The molecule has 1 fully saturated rings. The standard InChI is InChI=1S/C12H22N4O/c1-15(8-11-7-14-16(2)9-11)10-12(13)3-5-17-6-4-12/h7,9H,3-6,8,10,13H2,1-2H3. The maximum Gasteiger partial charge on any atom is 0.0534 e. The Hall–Kier alpha value is -0.910. The number of ether oxygens (including phenoxy) is 1. The first-order chi connectivity index (χ1) is 8.07. The average molecular weight is 238 g/mol. The van der Waals surface area contributed by atoms with E-state index in [4.69, 9.17) is 10.5 Å². The Morgan fingerprint density at radius 2 is 2.24 bits per heavy atom. The van der Waals surface area contributed by atoms with Crippen molar-refractivity contribution in [1.82, 2.24) is 14.7 Å². The van der Waals surface area contributed by atoms with Gasteiger partial charge in [0.05, 0.1) is 6.20 Å². The van der Waals surface area contributed by atoms with E-state index in [1.54, 1.807) is 0 Å². The zero-order valence-corrected chi connectivity index (χ0v) is 10.7. The summed E-state index contributed by atoms with van der Waals surface area (Å²) in [7, 11) is 4.05. The first kappa shape index (κ1) is 12.5. The fourth-order valence-electron chi connectivity index (χ4n) is 2.39. The SMILES string of the molecule is CN(Cc1cnn(C)c1)CC1(N)CCOCC1. The Morgan fingerprint density at radius 1 is 1.53 bits per heavy atom. The van der Waals surface area contributed by atoms with Gasteiger partial charge >= 0.3 is 0 Å². The summed E-state index contributed by atoms with van der Waals surface area (Å²) >= 11 is 0. The number of rotatable bonds is 4. The van der Waals surface area contributed by atoms with Crippen molar-refractivity contribution in [1.29, 1.82) is 0 Å². The normalized spacial score (nSPS) is 19.8. The van der Waals surface area contributed by atoms with Crippen molar-refractivity contribution in [2.24, 2.45) is 12.8 Å². The quantitative estimate of drug-likeness (QED) is 0.823. The van der Waals surface area contributed by atoms with Crippen LogP contribution in [0.2, 0.25) is 0 Å². The topological polar surface area (TPSA) is 56.3 Å². The number of aryl methyl sites for hydroxylation is 1. The molecule has 5 nitrogen and oxygen atoms in total. The zero-order chi connectivity index (χ0) is 12.3. The van der Waals surface area contributed by atoms with Gasteiger partial charge in [0.1, 0.15) is 0 Å². The van der Waals surface area contributed by atoms with Gasteiger partial charge in [-0.25, -0.2) is 0 Å². The van der Waals surface area contributed by atoms with Gasteiger partial charge in [-0.15, -0.1) is 0 Å². The summed E-state index contributed by atoms with van der Waals surface area (Å²) in [5.41, 5.74) is 7.52. The van der Waals surface area contributed by atoms with E-state index in [-0.39, 0.29) is 5.54 Å². The summed E-state index contributed by atoms with van der Waals surface area (Å²) in [6.45, 7) is 3.38. The molecule has 17 heavy (non-hydrogen) atoms. The molecule has 0 amide bonds. The monoisotopic (exact) mass is 238 g/mol. The van der Waals surface area contributed by atoms with Crippen LogP contribution in [0.25, 0.3) is 0 Å². The molecule has 0 aliphatic carbocycles. The first-order valence-corrected chi connectivity index (χ1v) is 6.10. The maximum atomic E-state index is 6.38. The summed E-state index contributed by atoms with van der Waals surface area (Å²) in [4.78, 5) is 2.27. The van der Waals surface area contributed by atoms with E-state index < -0.39 is 0 Å². The minimum absolute atomic E-state index is 0.0881. The van der Waals surface area contributed by atoms with Crippen LogP contribution in [0.3, 0.4) is 0 Å². The predicted molar refractivity (Wildman–Crippen MR) is 66.5 cm³/mol. The summed E-state index contributed by atoms with van der Waals surface area (Å²) in [5, 5.41) is 4.17. The molecule has 2 heterocycles. The van der Waals surface area contributed by atoms with E-state index in [2.05, 4.69) is 17.0 Å². The minimum atomic E-state index is -0.0881. The second kappa shape index (κ2) is 5.16. The number of aromatic nitrogens is 2. The lowest BCUT2D eigenvalue weighted by molar-refractivity contribution is 0.0402. The van der Waals surface area contributed by atoms with E-state index in [1.807, 2.05) is 24.1 Å². The molecule has 1 aliphatic heterocycles. The molecule has 5 heteroatoms. The van der Waals surface area contributed by atoms with Crippen LogP contribution >= 0.6 is 0 Å². The Kier molecular flexibility index (Phi) is 3.81. The van der Waals surface area contributed by atoms with E-state index in [9.17, 15) is 0 Å². The van der Waals surface area contributed by atoms with Gasteiger partial charge in [0.15, 0.2) is 0 Å². The number of likely N-dealkylation sites (N-methyl/N-ethyl adjacent to an activating group) is 1. The molecule has 1 aromatic rings. The smallest absolute Gasteiger partial charge is 0.0534 e. The summed E-state index contributed by atoms with van der Waals surface area (Å²) in [5.74, 6) is 0. The summed E-state index contributed by atoms with van der Waals surface area (Å²) < 4.78 is 7.19. The Balaban J connectivity index is 1.85. The molecule has 0 aromatic carbocycles. The van der Waals surface area contributed by atoms with Crippen molar-refractivity contribution in [3.63, 3.8) is 0 Å². The van der Waals surface area contributed by atoms with Crippen LogP contribution in [0, 0.1) is 0 Å². The van der Waals surface area contributed by atoms with E-state index >= 15 is 0 Å². The van der Waals surface area contributed by atoms with Crippen molar-refractivity contribution < 1.29 is 4.74 Å². The Bertz CT molecular complexity index is 357. The van der Waals surface area contributed by atoms with E-state index in [0.717, 1.165) is 39.1 Å². The third kappa shape index (κ3) is 3.52. The Morgan fingerprint density at radius 3 is 2.82 bits per heavy atom. The predicted octanol–water partition coefficient (Wildman–Crippen LogP) is 0.360. The van der Waals surface area contributed by atoms with Gasteiger partial charge in [0.2, 0.25) is 0 Å². The largest absolute Gasteiger partial charge is 0.381 e. The molecule has 1 aliphatic rings. The zero-order valence-electron chi connectivity index (χ0n) is 10.7. The van der Waals surface area contributed by atoms with Gasteiger partial charge in [0.25, 0.3) is 0 Å². The summed E-state index contributed by atoms with van der Waals surface area (Å²) in [6.07, 6.45) is 5.85. The minimum Gasteiger partial charge on any atom is -0.381 e. The van der Waals surface area contributed by atoms with Crippen molar-refractivity contribution in [3.8, 4) is 0 Å². The highest BCUT2D eigenvalue weighted by Gasteiger charge is 2.29. The number of nitrogens with two attached hydrogens (primary N) is 1. The molecule has 96 valence electrons. The lowest BCUT2D eigenvalue weighted by Gasteiger charge is -2.36. The third-order valence-corrected chi connectivity index (χ3v) is 3.28. The maximum absolute atomic E-state index is 6.38. The molecule has 0 spiro atoms. The molecule has 1 aromatic heterocycles. The van der Waals surface area contributed by atoms with Gasteiger partial charge in [-0.3, -0.25) is 4.68 Å². The second-order valence-electron chi connectivity index (χ2n) is 5.17. The van der Waals surface area contributed by atoms with Crippen LogP contribution in [0.4, 0.5) is 0 Å². The molecule has 0 unspecified atom stereocenters. The van der Waals surface area contributed by atoms with Gasteiger partial charge in [-0.2, -0.15) is 5.10 Å². The van der Waals surface area contributed by atoms with Crippen LogP contribution in [0.5, 0.6) is 0 Å². The van der Waals surface area contributed by atoms with Crippen LogP contribution < -0.4 is 5.73 Å². The lowest BCUT2D eigenvalue weighted by Crippen LogP contribution is -2.52. The van der Waals surface area contributed by atoms with Crippen molar-refractivity contribution in [2.75, 3.05) is 26.8 Å². The number of hydrogen-bond donors (Lipinski definition) is 1. The summed E-state index contributed by atoms with van der Waals surface area (Å²) in [6, 6.07) is 0. The number of nitrogens with zero attached hydrogens (tertiary/aromatic N) is 3. The third-order valence-electron chi connectivity index (χ3n) is 3.28. The first-order valence-electron chi connectivity index (χ1n) is 6.10. The van der Waals surface area contributed by atoms with Gasteiger partial charge in [-0.1, -0.05) is 0 Å². The molecule has 1 saturated heterocycles. The van der Waals surface area contributed by atoms with Gasteiger partial charge < -0.3 is 15.4 Å². The fourth-order valence-corrected chi connectivity index (χ4v) is 2.39. The van der Waals surface area contributed by atoms with E-state index in [0.29, 0.717) is 0 Å². The molecular weight excluding hydrogens is 216 g/mol. The van der Waals surface area contributed by atoms with Crippen LogP contribution in [0.15, 0.2) is 12.4 Å². The highest BCUT2D eigenvalue weighted by Crippen LogP contribution is 2.19. The van der Waals surface area contributed by atoms with E-state index in [1.165, 1.54) is 5.56 Å². The highest BCUT2D eigenvalue weighted by atomic mass is 16.5. The molecule has 2 rings (SSSR count). The van der Waals surface area contributed by atoms with Crippen molar-refractivity contribution in [2.45, 2.75) is 24.9 Å². The number of hydrogen-bond acceptors (Lipinski definition) is 4. The highest BCUT2D eigenvalue weighted by molar-refractivity contribution is 5.03. The molecule has 0 radical (unpaired) electrons. The Labute approximate surface area is 103 Å². The van der Waals surface area contributed by atoms with Gasteiger partial charge in [0, 0.05) is 50.7 Å².